The number of aliphatic hydroxyl groups is 1. The van der Waals surface area contributed by atoms with Gasteiger partial charge in [-0.15, -0.1) is 0 Å². The van der Waals surface area contributed by atoms with Crippen LogP contribution in [0.5, 0.6) is 0 Å². The van der Waals surface area contributed by atoms with Gasteiger partial charge in [0.25, 0.3) is 0 Å². The third-order valence-electron chi connectivity index (χ3n) is 1.75. The molecule has 1 rings (SSSR count). The monoisotopic (exact) mass is 160 g/mol. The van der Waals surface area contributed by atoms with Crippen LogP contribution in [-0.2, 0) is 14.3 Å². The van der Waals surface area contributed by atoms with E-state index in [4.69, 9.17) is 9.47 Å². The molecule has 0 bridgehead atoms. The van der Waals surface area contributed by atoms with E-state index in [-0.39, 0.29) is 12.2 Å². The summed E-state index contributed by atoms with van der Waals surface area (Å²) < 4.78 is 9.84. The molecule has 1 aliphatic heterocycles. The number of methoxy groups -OCH3 is 1. The lowest BCUT2D eigenvalue weighted by molar-refractivity contribution is -0.219. The fourth-order valence-electron chi connectivity index (χ4n) is 1.05. The van der Waals surface area contributed by atoms with Gasteiger partial charge in [-0.05, 0) is 6.92 Å². The molecule has 64 valence electrons. The van der Waals surface area contributed by atoms with E-state index in [2.05, 4.69) is 0 Å². The molecular formula is C7H12O4. The van der Waals surface area contributed by atoms with Crippen molar-refractivity contribution in [3.8, 4) is 0 Å². The molecule has 0 aromatic rings. The third-order valence-corrected chi connectivity index (χ3v) is 1.75. The van der Waals surface area contributed by atoms with Crippen molar-refractivity contribution >= 4 is 5.78 Å². The minimum Gasteiger partial charge on any atom is -0.387 e. The van der Waals surface area contributed by atoms with Gasteiger partial charge >= 0.3 is 0 Å². The molecule has 0 aromatic heterocycles. The topological polar surface area (TPSA) is 55.8 Å². The van der Waals surface area contributed by atoms with Crippen molar-refractivity contribution in [1.82, 2.24) is 0 Å². The summed E-state index contributed by atoms with van der Waals surface area (Å²) in [5.41, 5.74) is 0. The van der Waals surface area contributed by atoms with E-state index in [0.29, 0.717) is 0 Å². The molecule has 0 saturated carbocycles. The Kier molecular flexibility index (Phi) is 2.59. The maximum absolute atomic E-state index is 10.9. The number of hydrogen-bond donors (Lipinski definition) is 1. The van der Waals surface area contributed by atoms with Crippen molar-refractivity contribution in [2.24, 2.45) is 0 Å². The van der Waals surface area contributed by atoms with Crippen molar-refractivity contribution in [3.05, 3.63) is 0 Å². The number of hydrogen-bond acceptors (Lipinski definition) is 4. The minimum absolute atomic E-state index is 0.0780. The van der Waals surface area contributed by atoms with Gasteiger partial charge in [-0.3, -0.25) is 4.79 Å². The van der Waals surface area contributed by atoms with E-state index in [0.717, 1.165) is 0 Å². The van der Waals surface area contributed by atoms with Gasteiger partial charge in [0.15, 0.2) is 12.1 Å². The molecule has 0 spiro atoms. The SMILES string of the molecule is CO[C@H]1O[C@H](C)C(=O)C[C@H]1O. The Morgan fingerprint density at radius 1 is 1.73 bits per heavy atom. The van der Waals surface area contributed by atoms with E-state index in [9.17, 15) is 9.90 Å². The second-order valence-electron chi connectivity index (χ2n) is 2.62. The molecule has 11 heavy (non-hydrogen) atoms. The first kappa shape index (κ1) is 8.64. The molecule has 0 amide bonds. The zero-order chi connectivity index (χ0) is 8.43. The van der Waals surface area contributed by atoms with E-state index in [1.165, 1.54) is 7.11 Å². The normalized spacial score (nSPS) is 39.2. The zero-order valence-electron chi connectivity index (χ0n) is 6.61. The first-order valence-electron chi connectivity index (χ1n) is 3.54. The van der Waals surface area contributed by atoms with E-state index < -0.39 is 18.5 Å². The summed E-state index contributed by atoms with van der Waals surface area (Å²) >= 11 is 0. The van der Waals surface area contributed by atoms with Crippen molar-refractivity contribution < 1.29 is 19.4 Å². The summed E-state index contributed by atoms with van der Waals surface area (Å²) in [6.45, 7) is 1.65. The van der Waals surface area contributed by atoms with Gasteiger partial charge in [-0.2, -0.15) is 0 Å². The predicted octanol–water partition coefficient (Wildman–Crippen LogP) is -0.302. The number of ketones is 1. The van der Waals surface area contributed by atoms with Crippen LogP contribution < -0.4 is 0 Å². The van der Waals surface area contributed by atoms with Crippen molar-refractivity contribution in [1.29, 1.82) is 0 Å². The smallest absolute Gasteiger partial charge is 0.184 e. The number of carbonyl (C=O) groups excluding carboxylic acids is 1. The van der Waals surface area contributed by atoms with Crippen LogP contribution in [0.1, 0.15) is 13.3 Å². The fraction of sp³-hybridized carbons (Fsp3) is 0.857. The highest BCUT2D eigenvalue weighted by Gasteiger charge is 2.33. The zero-order valence-corrected chi connectivity index (χ0v) is 6.61. The molecule has 0 aromatic carbocycles. The summed E-state index contributed by atoms with van der Waals surface area (Å²) in [5.74, 6) is -0.0780. The average molecular weight is 160 g/mol. The molecule has 1 saturated heterocycles. The van der Waals surface area contributed by atoms with Crippen LogP contribution >= 0.6 is 0 Å². The first-order chi connectivity index (χ1) is 5.15. The number of ether oxygens (including phenoxy) is 2. The van der Waals surface area contributed by atoms with Crippen LogP contribution in [0.2, 0.25) is 0 Å². The Balaban J connectivity index is 2.54. The molecule has 1 heterocycles. The van der Waals surface area contributed by atoms with Crippen molar-refractivity contribution in [3.63, 3.8) is 0 Å². The van der Waals surface area contributed by atoms with Gasteiger partial charge in [-0.1, -0.05) is 0 Å². The number of aliphatic hydroxyl groups excluding tert-OH is 1. The molecule has 1 fully saturated rings. The maximum Gasteiger partial charge on any atom is 0.184 e. The maximum atomic E-state index is 10.9. The minimum atomic E-state index is -0.816. The fourth-order valence-corrected chi connectivity index (χ4v) is 1.05. The molecule has 3 atom stereocenters. The van der Waals surface area contributed by atoms with E-state index in [1.807, 2.05) is 0 Å². The summed E-state index contributed by atoms with van der Waals surface area (Å²) in [7, 11) is 1.44. The number of carbonyl (C=O) groups is 1. The van der Waals surface area contributed by atoms with Gasteiger partial charge < -0.3 is 14.6 Å². The molecule has 4 nitrogen and oxygen atoms in total. The van der Waals surface area contributed by atoms with Crippen LogP contribution in [-0.4, -0.2) is 36.5 Å². The van der Waals surface area contributed by atoms with Gasteiger partial charge in [0.2, 0.25) is 0 Å². The highest BCUT2D eigenvalue weighted by molar-refractivity contribution is 5.83. The Labute approximate surface area is 65.1 Å². The highest BCUT2D eigenvalue weighted by Crippen LogP contribution is 2.16. The average Bonchev–Trinajstić information content (AvgIpc) is 1.97. The Hall–Kier alpha value is -0.450. The van der Waals surface area contributed by atoms with Crippen molar-refractivity contribution in [2.75, 3.05) is 7.11 Å². The lowest BCUT2D eigenvalue weighted by Gasteiger charge is -2.29. The lowest BCUT2D eigenvalue weighted by atomic mass is 10.1. The van der Waals surface area contributed by atoms with Crippen LogP contribution in [0.15, 0.2) is 0 Å². The molecule has 0 radical (unpaired) electrons. The third kappa shape index (κ3) is 1.77. The quantitative estimate of drug-likeness (QED) is 0.572. The Morgan fingerprint density at radius 2 is 2.36 bits per heavy atom. The summed E-state index contributed by atoms with van der Waals surface area (Å²) in [6, 6.07) is 0. The predicted molar refractivity (Wildman–Crippen MR) is 37.0 cm³/mol. The van der Waals surface area contributed by atoms with Crippen LogP contribution in [0.25, 0.3) is 0 Å². The van der Waals surface area contributed by atoms with Crippen molar-refractivity contribution in [2.45, 2.75) is 31.8 Å². The molecule has 0 unspecified atom stereocenters. The summed E-state index contributed by atoms with van der Waals surface area (Å²) in [4.78, 5) is 10.9. The lowest BCUT2D eigenvalue weighted by Crippen LogP contribution is -2.44. The summed E-state index contributed by atoms with van der Waals surface area (Å²) in [6.07, 6.45) is -1.80. The van der Waals surface area contributed by atoms with E-state index in [1.54, 1.807) is 6.92 Å². The van der Waals surface area contributed by atoms with Gasteiger partial charge in [0.1, 0.15) is 12.2 Å². The summed E-state index contributed by atoms with van der Waals surface area (Å²) in [5, 5.41) is 9.19. The number of rotatable bonds is 1. The standard InChI is InChI=1S/C7H12O4/c1-4-5(8)3-6(9)7(10-2)11-4/h4,6-7,9H,3H2,1-2H3/t4-,6-,7+/m1/s1. The molecule has 4 heteroatoms. The Bertz CT molecular complexity index is 157. The molecular weight excluding hydrogens is 148 g/mol. The van der Waals surface area contributed by atoms with Crippen LogP contribution in [0.3, 0.4) is 0 Å². The van der Waals surface area contributed by atoms with Gasteiger partial charge in [0, 0.05) is 13.5 Å². The second kappa shape index (κ2) is 3.30. The van der Waals surface area contributed by atoms with Crippen LogP contribution in [0.4, 0.5) is 0 Å². The Morgan fingerprint density at radius 3 is 2.91 bits per heavy atom. The second-order valence-corrected chi connectivity index (χ2v) is 2.62. The van der Waals surface area contributed by atoms with Gasteiger partial charge in [0.05, 0.1) is 0 Å². The molecule has 1 N–H and O–H groups in total. The van der Waals surface area contributed by atoms with Crippen LogP contribution in [0, 0.1) is 0 Å². The number of Topliss-reactive ketones (excluding diaryl/α,β-unsaturated/α-hetero) is 1. The molecule has 0 aliphatic carbocycles. The molecule has 1 aliphatic rings. The van der Waals surface area contributed by atoms with E-state index >= 15 is 0 Å². The largest absolute Gasteiger partial charge is 0.387 e. The first-order valence-corrected chi connectivity index (χ1v) is 3.54. The van der Waals surface area contributed by atoms with Gasteiger partial charge in [-0.25, -0.2) is 0 Å². The highest BCUT2D eigenvalue weighted by atomic mass is 16.7.